The number of hydrogen-bond acceptors (Lipinski definition) is 2. The zero-order valence-corrected chi connectivity index (χ0v) is 14.9. The van der Waals surface area contributed by atoms with Crippen molar-refractivity contribution < 1.29 is 0 Å². The van der Waals surface area contributed by atoms with E-state index in [-0.39, 0.29) is 5.54 Å². The molecule has 1 heterocycles. The van der Waals surface area contributed by atoms with Gasteiger partial charge < -0.3 is 4.57 Å². The van der Waals surface area contributed by atoms with Gasteiger partial charge in [-0.3, -0.25) is 0 Å². The van der Waals surface area contributed by atoms with Crippen LogP contribution in [-0.2, 0) is 5.54 Å². The zero-order valence-electron chi connectivity index (χ0n) is 14.1. The summed E-state index contributed by atoms with van der Waals surface area (Å²) in [5.41, 5.74) is 4.66. The van der Waals surface area contributed by atoms with Crippen molar-refractivity contribution in [3.8, 4) is 11.3 Å². The molecule has 0 saturated heterocycles. The van der Waals surface area contributed by atoms with Gasteiger partial charge in [-0.25, -0.2) is 4.99 Å². The highest BCUT2D eigenvalue weighted by atomic mass is 32.1. The molecule has 0 N–H and O–H groups in total. The van der Waals surface area contributed by atoms with Gasteiger partial charge in [0.25, 0.3) is 0 Å². The van der Waals surface area contributed by atoms with Crippen LogP contribution in [0.1, 0.15) is 26.3 Å². The van der Waals surface area contributed by atoms with Crippen molar-refractivity contribution in [3.63, 3.8) is 0 Å². The van der Waals surface area contributed by atoms with Crippen molar-refractivity contribution in [2.45, 2.75) is 33.2 Å². The molecule has 0 bridgehead atoms. The Kier molecular flexibility index (Phi) is 4.22. The molecule has 23 heavy (non-hydrogen) atoms. The highest BCUT2D eigenvalue weighted by Gasteiger charge is 2.19. The number of nitrogens with zero attached hydrogens (tertiary/aromatic N) is 2. The Morgan fingerprint density at radius 1 is 0.913 bits per heavy atom. The molecule has 0 aliphatic carbocycles. The first-order chi connectivity index (χ1) is 10.9. The van der Waals surface area contributed by atoms with Crippen LogP contribution in [0.4, 0.5) is 5.69 Å². The third kappa shape index (κ3) is 3.45. The van der Waals surface area contributed by atoms with Gasteiger partial charge in [-0.05, 0) is 45.4 Å². The maximum Gasteiger partial charge on any atom is 0.190 e. The van der Waals surface area contributed by atoms with E-state index in [1.54, 1.807) is 11.3 Å². The number of rotatable bonds is 2. The van der Waals surface area contributed by atoms with Gasteiger partial charge in [-0.15, -0.1) is 11.3 Å². The largest absolute Gasteiger partial charge is 0.311 e. The standard InChI is InChI=1S/C20H22N2S/c1-15-10-12-17(13-11-15)21-19-22(20(2,3)4)18(14-23-19)16-8-6-5-7-9-16/h5-14H,1-4H3. The molecular weight excluding hydrogens is 300 g/mol. The van der Waals surface area contributed by atoms with Crippen LogP contribution in [0.3, 0.4) is 0 Å². The average molecular weight is 322 g/mol. The predicted molar refractivity (Wildman–Crippen MR) is 99.1 cm³/mol. The van der Waals surface area contributed by atoms with Crippen molar-refractivity contribution >= 4 is 17.0 Å². The van der Waals surface area contributed by atoms with Crippen LogP contribution >= 0.6 is 11.3 Å². The first-order valence-electron chi connectivity index (χ1n) is 7.83. The molecule has 0 saturated carbocycles. The quantitative estimate of drug-likeness (QED) is 0.592. The van der Waals surface area contributed by atoms with Gasteiger partial charge in [0.05, 0.1) is 11.4 Å². The Morgan fingerprint density at radius 2 is 1.57 bits per heavy atom. The lowest BCUT2D eigenvalue weighted by molar-refractivity contribution is 0.392. The molecule has 0 aliphatic heterocycles. The van der Waals surface area contributed by atoms with Gasteiger partial charge in [-0.2, -0.15) is 0 Å². The highest BCUT2D eigenvalue weighted by Crippen LogP contribution is 2.26. The highest BCUT2D eigenvalue weighted by molar-refractivity contribution is 7.07. The fraction of sp³-hybridized carbons (Fsp3) is 0.250. The van der Waals surface area contributed by atoms with Crippen LogP contribution in [0.25, 0.3) is 11.3 Å². The lowest BCUT2D eigenvalue weighted by Crippen LogP contribution is -2.31. The van der Waals surface area contributed by atoms with E-state index in [1.807, 2.05) is 0 Å². The van der Waals surface area contributed by atoms with E-state index >= 15 is 0 Å². The molecule has 2 aromatic carbocycles. The molecule has 0 aliphatic rings. The van der Waals surface area contributed by atoms with E-state index in [1.165, 1.54) is 16.8 Å². The normalized spacial score (nSPS) is 12.6. The number of benzene rings is 2. The minimum absolute atomic E-state index is 0.0330. The van der Waals surface area contributed by atoms with Crippen LogP contribution in [0, 0.1) is 6.92 Å². The fourth-order valence-electron chi connectivity index (χ4n) is 2.58. The zero-order chi connectivity index (χ0) is 16.4. The monoisotopic (exact) mass is 322 g/mol. The Bertz CT molecular complexity index is 847. The van der Waals surface area contributed by atoms with Gasteiger partial charge in [0.15, 0.2) is 4.80 Å². The number of thiazole rings is 1. The first kappa shape index (κ1) is 15.8. The third-order valence-electron chi connectivity index (χ3n) is 3.71. The van der Waals surface area contributed by atoms with Crippen LogP contribution in [0.2, 0.25) is 0 Å². The molecule has 3 heteroatoms. The summed E-state index contributed by atoms with van der Waals surface area (Å²) in [7, 11) is 0. The van der Waals surface area contributed by atoms with E-state index in [9.17, 15) is 0 Å². The van der Waals surface area contributed by atoms with Gasteiger partial charge >= 0.3 is 0 Å². The summed E-state index contributed by atoms with van der Waals surface area (Å²) >= 11 is 1.69. The van der Waals surface area contributed by atoms with Crippen molar-refractivity contribution in [3.05, 3.63) is 70.3 Å². The molecule has 3 aromatic rings. The molecule has 1 aromatic heterocycles. The Balaban J connectivity index is 2.19. The van der Waals surface area contributed by atoms with E-state index < -0.39 is 0 Å². The maximum absolute atomic E-state index is 4.88. The van der Waals surface area contributed by atoms with E-state index in [2.05, 4.69) is 92.2 Å². The fourth-order valence-corrected chi connectivity index (χ4v) is 3.67. The Hall–Kier alpha value is -2.13. The topological polar surface area (TPSA) is 17.3 Å². The van der Waals surface area contributed by atoms with E-state index in [0.717, 1.165) is 10.5 Å². The number of hydrogen-bond donors (Lipinski definition) is 0. The van der Waals surface area contributed by atoms with Gasteiger partial charge in [-0.1, -0.05) is 48.0 Å². The van der Waals surface area contributed by atoms with E-state index in [0.29, 0.717) is 0 Å². The summed E-state index contributed by atoms with van der Waals surface area (Å²) in [6, 6.07) is 18.9. The predicted octanol–water partition coefficient (Wildman–Crippen LogP) is 5.51. The summed E-state index contributed by atoms with van der Waals surface area (Å²) in [4.78, 5) is 5.90. The Morgan fingerprint density at radius 3 is 2.17 bits per heavy atom. The molecule has 0 atom stereocenters. The van der Waals surface area contributed by atoms with Crippen LogP contribution in [0.5, 0.6) is 0 Å². The van der Waals surface area contributed by atoms with Crippen molar-refractivity contribution in [1.82, 2.24) is 4.57 Å². The molecule has 0 amide bonds. The van der Waals surface area contributed by atoms with Crippen LogP contribution in [0.15, 0.2) is 65.0 Å². The molecule has 3 rings (SSSR count). The minimum Gasteiger partial charge on any atom is -0.311 e. The van der Waals surface area contributed by atoms with Crippen LogP contribution in [-0.4, -0.2) is 4.57 Å². The maximum atomic E-state index is 4.88. The molecule has 2 nitrogen and oxygen atoms in total. The minimum atomic E-state index is -0.0330. The molecule has 118 valence electrons. The van der Waals surface area contributed by atoms with Gasteiger partial charge in [0.2, 0.25) is 0 Å². The van der Waals surface area contributed by atoms with Crippen molar-refractivity contribution in [2.75, 3.05) is 0 Å². The third-order valence-corrected chi connectivity index (χ3v) is 4.53. The molecule has 0 spiro atoms. The SMILES string of the molecule is Cc1ccc(N=c2scc(-c3ccccc3)n2C(C)(C)C)cc1. The number of aromatic nitrogens is 1. The second kappa shape index (κ2) is 6.17. The van der Waals surface area contributed by atoms with Crippen molar-refractivity contribution in [1.29, 1.82) is 0 Å². The summed E-state index contributed by atoms with van der Waals surface area (Å²) < 4.78 is 2.33. The first-order valence-corrected chi connectivity index (χ1v) is 8.71. The summed E-state index contributed by atoms with van der Waals surface area (Å²) in [6.07, 6.45) is 0. The molecule has 0 radical (unpaired) electrons. The summed E-state index contributed by atoms with van der Waals surface area (Å²) in [5.74, 6) is 0. The van der Waals surface area contributed by atoms with Crippen LogP contribution < -0.4 is 4.80 Å². The average Bonchev–Trinajstić information content (AvgIpc) is 2.94. The summed E-state index contributed by atoms with van der Waals surface area (Å²) in [6.45, 7) is 8.76. The Labute approximate surface area is 141 Å². The molecule has 0 fully saturated rings. The molecular formula is C20H22N2S. The lowest BCUT2D eigenvalue weighted by Gasteiger charge is -2.24. The molecule has 0 unspecified atom stereocenters. The number of aryl methyl sites for hydroxylation is 1. The summed E-state index contributed by atoms with van der Waals surface area (Å²) in [5, 5.41) is 2.20. The smallest absolute Gasteiger partial charge is 0.190 e. The van der Waals surface area contributed by atoms with Gasteiger partial charge in [0.1, 0.15) is 0 Å². The van der Waals surface area contributed by atoms with E-state index in [4.69, 9.17) is 4.99 Å². The second-order valence-corrected chi connectivity index (χ2v) is 7.56. The van der Waals surface area contributed by atoms with Gasteiger partial charge in [0, 0.05) is 10.9 Å². The lowest BCUT2D eigenvalue weighted by atomic mass is 10.1. The van der Waals surface area contributed by atoms with Crippen molar-refractivity contribution in [2.24, 2.45) is 4.99 Å². The second-order valence-electron chi connectivity index (χ2n) is 6.72.